The van der Waals surface area contributed by atoms with E-state index in [1.807, 2.05) is 0 Å². The molecule has 0 aromatic rings. The normalized spacial score (nSPS) is 18.4. The third-order valence-electron chi connectivity index (χ3n) is 1.31. The van der Waals surface area contributed by atoms with Crippen molar-refractivity contribution < 1.29 is 18.4 Å². The Morgan fingerprint density at radius 1 is 1.64 bits per heavy atom. The van der Waals surface area contributed by atoms with Gasteiger partial charge in [0.2, 0.25) is 5.84 Å². The molecule has 3 N–H and O–H groups in total. The van der Waals surface area contributed by atoms with E-state index in [1.54, 1.807) is 0 Å². The second-order valence-electron chi connectivity index (χ2n) is 2.44. The van der Waals surface area contributed by atoms with Crippen LogP contribution >= 0.6 is 0 Å². The van der Waals surface area contributed by atoms with Gasteiger partial charge >= 0.3 is 6.18 Å². The standard InChI is InChI=1S/C6H7F3N4O/c7-6(8,9)5(10)12-4-3-13(14)2-1-11-4/h1-2,14H,3H2,(H2,10,11,12). The topological polar surface area (TPSA) is 74.2 Å². The van der Waals surface area contributed by atoms with Crippen molar-refractivity contribution in [1.82, 2.24) is 5.06 Å². The fourth-order valence-corrected chi connectivity index (χ4v) is 0.701. The Labute approximate surface area is 77.0 Å². The number of nitrogens with zero attached hydrogens (tertiary/aromatic N) is 3. The number of halogens is 3. The van der Waals surface area contributed by atoms with Crippen molar-refractivity contribution in [3.8, 4) is 0 Å². The maximum Gasteiger partial charge on any atom is 0.449 e. The third-order valence-corrected chi connectivity index (χ3v) is 1.31. The van der Waals surface area contributed by atoms with Crippen LogP contribution in [0.5, 0.6) is 0 Å². The third kappa shape index (κ3) is 2.73. The van der Waals surface area contributed by atoms with Gasteiger partial charge in [0.25, 0.3) is 0 Å². The van der Waals surface area contributed by atoms with E-state index in [-0.39, 0.29) is 12.4 Å². The van der Waals surface area contributed by atoms with E-state index in [4.69, 9.17) is 5.21 Å². The van der Waals surface area contributed by atoms with Crippen LogP contribution in [0.4, 0.5) is 13.2 Å². The van der Waals surface area contributed by atoms with Gasteiger partial charge in [0.1, 0.15) is 6.54 Å². The highest BCUT2D eigenvalue weighted by Gasteiger charge is 2.34. The first kappa shape index (κ1) is 10.5. The Hall–Kier alpha value is -1.57. The van der Waals surface area contributed by atoms with Gasteiger partial charge in [-0.1, -0.05) is 0 Å². The molecule has 0 radical (unpaired) electrons. The van der Waals surface area contributed by atoms with E-state index in [9.17, 15) is 13.2 Å². The van der Waals surface area contributed by atoms with Crippen LogP contribution in [0.25, 0.3) is 0 Å². The number of hydrogen-bond acceptors (Lipinski definition) is 4. The van der Waals surface area contributed by atoms with E-state index < -0.39 is 12.0 Å². The molecule has 1 aliphatic rings. The minimum atomic E-state index is -4.68. The van der Waals surface area contributed by atoms with Gasteiger partial charge in [0.15, 0.2) is 5.84 Å². The van der Waals surface area contributed by atoms with Crippen LogP contribution in [0.1, 0.15) is 0 Å². The zero-order valence-corrected chi connectivity index (χ0v) is 6.86. The molecule has 1 aliphatic heterocycles. The molecule has 8 heteroatoms. The van der Waals surface area contributed by atoms with Gasteiger partial charge < -0.3 is 5.73 Å². The van der Waals surface area contributed by atoms with Gasteiger partial charge in [-0.2, -0.15) is 13.2 Å². The smallest absolute Gasteiger partial charge is 0.380 e. The van der Waals surface area contributed by atoms with Gasteiger partial charge in [-0.25, -0.2) is 9.98 Å². The van der Waals surface area contributed by atoms with Crippen molar-refractivity contribution in [3.63, 3.8) is 0 Å². The molecule has 1 heterocycles. The molecule has 14 heavy (non-hydrogen) atoms. The maximum absolute atomic E-state index is 11.9. The molecule has 1 rings (SSSR count). The highest BCUT2D eigenvalue weighted by Crippen LogP contribution is 2.14. The first-order valence-electron chi connectivity index (χ1n) is 3.50. The Balaban J connectivity index is 2.78. The van der Waals surface area contributed by atoms with Crippen molar-refractivity contribution in [2.24, 2.45) is 15.7 Å². The Bertz CT molecular complexity index is 307. The van der Waals surface area contributed by atoms with Gasteiger partial charge in [0, 0.05) is 12.4 Å². The SMILES string of the molecule is NC(=NC1=NC=CN(O)C1)C(F)(F)F. The molecule has 0 atom stereocenters. The summed E-state index contributed by atoms with van der Waals surface area (Å²) in [5.74, 6) is -1.69. The van der Waals surface area contributed by atoms with Gasteiger partial charge in [-0.3, -0.25) is 10.3 Å². The Morgan fingerprint density at radius 2 is 2.29 bits per heavy atom. The average Bonchev–Trinajstić information content (AvgIpc) is 2.02. The van der Waals surface area contributed by atoms with E-state index in [1.165, 1.54) is 6.20 Å². The minimum absolute atomic E-state index is 0.204. The predicted octanol–water partition coefficient (Wildman–Crippen LogP) is 0.480. The van der Waals surface area contributed by atoms with Crippen molar-refractivity contribution in [3.05, 3.63) is 12.4 Å². The van der Waals surface area contributed by atoms with Gasteiger partial charge in [0.05, 0.1) is 0 Å². The van der Waals surface area contributed by atoms with Crippen LogP contribution in [0.2, 0.25) is 0 Å². The number of amidine groups is 2. The molecule has 0 bridgehead atoms. The molecule has 0 saturated carbocycles. The van der Waals surface area contributed by atoms with Crippen LogP contribution in [0.15, 0.2) is 22.4 Å². The van der Waals surface area contributed by atoms with E-state index >= 15 is 0 Å². The monoisotopic (exact) mass is 208 g/mol. The highest BCUT2D eigenvalue weighted by atomic mass is 19.4. The lowest BCUT2D eigenvalue weighted by Gasteiger charge is -2.14. The molecule has 0 aromatic heterocycles. The van der Waals surface area contributed by atoms with Crippen LogP contribution in [-0.2, 0) is 0 Å². The number of aliphatic imine (C=N–C) groups is 2. The zero-order valence-electron chi connectivity index (χ0n) is 6.86. The van der Waals surface area contributed by atoms with Crippen molar-refractivity contribution in [1.29, 1.82) is 0 Å². The molecule has 0 aromatic carbocycles. The van der Waals surface area contributed by atoms with Crippen molar-refractivity contribution >= 4 is 11.7 Å². The first-order chi connectivity index (χ1) is 6.39. The number of alkyl halides is 3. The predicted molar refractivity (Wildman–Crippen MR) is 42.7 cm³/mol. The largest absolute Gasteiger partial charge is 0.449 e. The molecule has 5 nitrogen and oxygen atoms in total. The fraction of sp³-hybridized carbons (Fsp3) is 0.333. The summed E-state index contributed by atoms with van der Waals surface area (Å²) in [6.07, 6.45) is -2.38. The average molecular weight is 208 g/mol. The number of hydroxylamine groups is 2. The molecular weight excluding hydrogens is 201 g/mol. The number of rotatable bonds is 0. The first-order valence-corrected chi connectivity index (χ1v) is 3.50. The summed E-state index contributed by atoms with van der Waals surface area (Å²) in [7, 11) is 0. The number of hydrogen-bond donors (Lipinski definition) is 2. The highest BCUT2D eigenvalue weighted by molar-refractivity contribution is 6.00. The lowest BCUT2D eigenvalue weighted by atomic mass is 10.5. The molecular formula is C6H7F3N4O. The lowest BCUT2D eigenvalue weighted by molar-refractivity contribution is -0.0598. The van der Waals surface area contributed by atoms with Crippen molar-refractivity contribution in [2.45, 2.75) is 6.18 Å². The van der Waals surface area contributed by atoms with Crippen molar-refractivity contribution in [2.75, 3.05) is 6.54 Å². The molecule has 0 saturated heterocycles. The Kier molecular flexibility index (Phi) is 2.75. The maximum atomic E-state index is 11.9. The molecule has 0 unspecified atom stereocenters. The molecule has 0 aliphatic carbocycles. The summed E-state index contributed by atoms with van der Waals surface area (Å²) in [5, 5.41) is 9.52. The molecule has 0 fully saturated rings. The van der Waals surface area contributed by atoms with Crippen LogP contribution < -0.4 is 5.73 Å². The zero-order chi connectivity index (χ0) is 10.8. The van der Waals surface area contributed by atoms with Gasteiger partial charge in [-0.05, 0) is 0 Å². The van der Waals surface area contributed by atoms with Crippen LogP contribution in [0, 0.1) is 0 Å². The van der Waals surface area contributed by atoms with E-state index in [0.717, 1.165) is 6.20 Å². The quantitative estimate of drug-likeness (QED) is 0.449. The summed E-state index contributed by atoms with van der Waals surface area (Å²) < 4.78 is 35.7. The van der Waals surface area contributed by atoms with Crippen LogP contribution in [-0.4, -0.2) is 34.7 Å². The molecule has 78 valence electrons. The number of nitrogens with two attached hydrogens (primary N) is 1. The second-order valence-corrected chi connectivity index (χ2v) is 2.44. The second kappa shape index (κ2) is 3.66. The molecule has 0 amide bonds. The fourth-order valence-electron chi connectivity index (χ4n) is 0.701. The summed E-state index contributed by atoms with van der Waals surface area (Å²) in [4.78, 5) is 6.52. The minimum Gasteiger partial charge on any atom is -0.380 e. The summed E-state index contributed by atoms with van der Waals surface area (Å²) in [5.41, 5.74) is 4.65. The van der Waals surface area contributed by atoms with Crippen LogP contribution in [0.3, 0.4) is 0 Å². The van der Waals surface area contributed by atoms with E-state index in [2.05, 4.69) is 15.7 Å². The van der Waals surface area contributed by atoms with E-state index in [0.29, 0.717) is 5.06 Å². The lowest BCUT2D eigenvalue weighted by Crippen LogP contribution is -2.34. The summed E-state index contributed by atoms with van der Waals surface area (Å²) in [6, 6.07) is 0. The molecule has 0 spiro atoms. The summed E-state index contributed by atoms with van der Waals surface area (Å²) >= 11 is 0. The Morgan fingerprint density at radius 3 is 2.79 bits per heavy atom. The van der Waals surface area contributed by atoms with Gasteiger partial charge in [-0.15, -0.1) is 0 Å². The summed E-state index contributed by atoms with van der Waals surface area (Å²) in [6.45, 7) is -0.229.